The van der Waals surface area contributed by atoms with Crippen LogP contribution in [0.5, 0.6) is 0 Å². The number of carbonyl (C=O) groups is 1. The Kier molecular flexibility index (Phi) is 5.45. The van der Waals surface area contributed by atoms with Crippen molar-refractivity contribution in [1.29, 1.82) is 0 Å². The van der Waals surface area contributed by atoms with Gasteiger partial charge >= 0.3 is 0 Å². The molecule has 2 aliphatic rings. The molecule has 0 aromatic rings. The highest BCUT2D eigenvalue weighted by Gasteiger charge is 2.24. The molecule has 0 unspecified atom stereocenters. The second-order valence-electron chi connectivity index (χ2n) is 5.49. The van der Waals surface area contributed by atoms with Crippen molar-refractivity contribution in [3.05, 3.63) is 0 Å². The third-order valence-corrected chi connectivity index (χ3v) is 3.76. The molecule has 1 aliphatic carbocycles. The molecule has 2 rings (SSSR count). The fraction of sp³-hybridized carbons (Fsp3) is 0.929. The summed E-state index contributed by atoms with van der Waals surface area (Å²) in [5, 5.41) is 0. The van der Waals surface area contributed by atoms with Crippen LogP contribution in [0.3, 0.4) is 0 Å². The molecule has 4 nitrogen and oxygen atoms in total. The predicted molar refractivity (Wildman–Crippen MR) is 71.5 cm³/mol. The van der Waals surface area contributed by atoms with Gasteiger partial charge in [0.05, 0.1) is 13.2 Å². The van der Waals surface area contributed by atoms with Gasteiger partial charge in [-0.25, -0.2) is 0 Å². The van der Waals surface area contributed by atoms with Gasteiger partial charge in [-0.3, -0.25) is 4.79 Å². The first-order chi connectivity index (χ1) is 8.79. The van der Waals surface area contributed by atoms with Crippen molar-refractivity contribution < 1.29 is 9.53 Å². The molecule has 0 aromatic carbocycles. The second-order valence-corrected chi connectivity index (χ2v) is 5.49. The number of amides is 1. The highest BCUT2D eigenvalue weighted by atomic mass is 16.5. The monoisotopic (exact) mass is 254 g/mol. The molecule has 1 heterocycles. The van der Waals surface area contributed by atoms with Gasteiger partial charge in [0.1, 0.15) is 0 Å². The molecule has 1 aliphatic heterocycles. The van der Waals surface area contributed by atoms with Gasteiger partial charge in [-0.1, -0.05) is 6.92 Å². The van der Waals surface area contributed by atoms with Gasteiger partial charge in [0.15, 0.2) is 0 Å². The smallest absolute Gasteiger partial charge is 0.224 e. The lowest BCUT2D eigenvalue weighted by Crippen LogP contribution is -2.42. The van der Waals surface area contributed by atoms with Crippen molar-refractivity contribution >= 4 is 5.91 Å². The van der Waals surface area contributed by atoms with Crippen molar-refractivity contribution in [1.82, 2.24) is 9.80 Å². The second kappa shape index (κ2) is 7.10. The molecule has 2 fully saturated rings. The summed E-state index contributed by atoms with van der Waals surface area (Å²) < 4.78 is 5.27. The van der Waals surface area contributed by atoms with Gasteiger partial charge in [0, 0.05) is 32.6 Å². The van der Waals surface area contributed by atoms with Gasteiger partial charge < -0.3 is 14.5 Å². The minimum absolute atomic E-state index is 0.301. The molecule has 0 bridgehead atoms. The van der Waals surface area contributed by atoms with E-state index in [-0.39, 0.29) is 0 Å². The summed E-state index contributed by atoms with van der Waals surface area (Å²) >= 11 is 0. The third-order valence-electron chi connectivity index (χ3n) is 3.76. The van der Waals surface area contributed by atoms with E-state index in [0.717, 1.165) is 32.1 Å². The maximum atomic E-state index is 12.1. The van der Waals surface area contributed by atoms with Crippen LogP contribution in [0.4, 0.5) is 0 Å². The summed E-state index contributed by atoms with van der Waals surface area (Å²) in [7, 11) is 0. The number of rotatable bonds is 7. The number of hydrogen-bond donors (Lipinski definition) is 0. The van der Waals surface area contributed by atoms with Crippen LogP contribution in [-0.2, 0) is 9.53 Å². The highest BCUT2D eigenvalue weighted by Crippen LogP contribution is 2.29. The zero-order valence-electron chi connectivity index (χ0n) is 11.6. The molecule has 1 amide bonds. The fourth-order valence-electron chi connectivity index (χ4n) is 2.50. The van der Waals surface area contributed by atoms with E-state index in [0.29, 0.717) is 25.5 Å². The Morgan fingerprint density at radius 3 is 2.61 bits per heavy atom. The van der Waals surface area contributed by atoms with E-state index in [9.17, 15) is 4.79 Å². The summed E-state index contributed by atoms with van der Waals surface area (Å²) in [6.45, 7) is 8.42. The average molecular weight is 254 g/mol. The van der Waals surface area contributed by atoms with Crippen LogP contribution in [0.2, 0.25) is 0 Å². The Hall–Kier alpha value is -0.610. The molecule has 18 heavy (non-hydrogen) atoms. The zero-order chi connectivity index (χ0) is 12.8. The van der Waals surface area contributed by atoms with Crippen LogP contribution in [-0.4, -0.2) is 61.6 Å². The topological polar surface area (TPSA) is 32.8 Å². The molecule has 104 valence electrons. The SMILES string of the molecule is CCCN(CCC(=O)N1CCOCC1)CC1CC1. The van der Waals surface area contributed by atoms with Crippen LogP contribution < -0.4 is 0 Å². The number of carbonyl (C=O) groups excluding carboxylic acids is 1. The fourth-order valence-corrected chi connectivity index (χ4v) is 2.50. The molecular formula is C14H26N2O2. The van der Waals surface area contributed by atoms with Gasteiger partial charge in [-0.15, -0.1) is 0 Å². The van der Waals surface area contributed by atoms with E-state index < -0.39 is 0 Å². The predicted octanol–water partition coefficient (Wildman–Crippen LogP) is 1.36. The van der Waals surface area contributed by atoms with E-state index in [2.05, 4.69) is 11.8 Å². The number of ether oxygens (including phenoxy) is 1. The van der Waals surface area contributed by atoms with Crippen LogP contribution in [0, 0.1) is 5.92 Å². The van der Waals surface area contributed by atoms with Crippen LogP contribution >= 0.6 is 0 Å². The van der Waals surface area contributed by atoms with E-state index in [1.54, 1.807) is 0 Å². The Labute approximate surface area is 110 Å². The Balaban J connectivity index is 1.67. The highest BCUT2D eigenvalue weighted by molar-refractivity contribution is 5.76. The van der Waals surface area contributed by atoms with Crippen molar-refractivity contribution in [2.75, 3.05) is 45.9 Å². The lowest BCUT2D eigenvalue weighted by Gasteiger charge is -2.28. The lowest BCUT2D eigenvalue weighted by atomic mass is 10.2. The average Bonchev–Trinajstić information content (AvgIpc) is 3.21. The first-order valence-corrected chi connectivity index (χ1v) is 7.37. The summed E-state index contributed by atoms with van der Waals surface area (Å²) in [5.41, 5.74) is 0. The molecule has 1 saturated heterocycles. The number of morpholine rings is 1. The molecule has 4 heteroatoms. The Morgan fingerprint density at radius 2 is 2.00 bits per heavy atom. The molecular weight excluding hydrogens is 228 g/mol. The van der Waals surface area contributed by atoms with Crippen LogP contribution in [0.1, 0.15) is 32.6 Å². The van der Waals surface area contributed by atoms with Crippen molar-refractivity contribution in [3.63, 3.8) is 0 Å². The zero-order valence-corrected chi connectivity index (χ0v) is 11.6. The van der Waals surface area contributed by atoms with Gasteiger partial charge in [-0.2, -0.15) is 0 Å². The maximum absolute atomic E-state index is 12.1. The quantitative estimate of drug-likeness (QED) is 0.687. The summed E-state index contributed by atoms with van der Waals surface area (Å²) in [6.07, 6.45) is 4.63. The van der Waals surface area contributed by atoms with E-state index in [1.165, 1.54) is 25.8 Å². The minimum atomic E-state index is 0.301. The number of hydrogen-bond acceptors (Lipinski definition) is 3. The molecule has 0 N–H and O–H groups in total. The number of nitrogens with zero attached hydrogens (tertiary/aromatic N) is 2. The molecule has 1 saturated carbocycles. The van der Waals surface area contributed by atoms with Gasteiger partial charge in [-0.05, 0) is 31.7 Å². The van der Waals surface area contributed by atoms with Crippen molar-refractivity contribution in [2.24, 2.45) is 5.92 Å². The molecule has 0 aromatic heterocycles. The van der Waals surface area contributed by atoms with E-state index in [1.807, 2.05) is 4.90 Å². The van der Waals surface area contributed by atoms with E-state index in [4.69, 9.17) is 4.74 Å². The first kappa shape index (κ1) is 13.8. The molecule has 0 radical (unpaired) electrons. The standard InChI is InChI=1S/C14H26N2O2/c1-2-6-15(12-13-3-4-13)7-5-14(17)16-8-10-18-11-9-16/h13H,2-12H2,1H3. The maximum Gasteiger partial charge on any atom is 0.224 e. The van der Waals surface area contributed by atoms with Crippen molar-refractivity contribution in [2.45, 2.75) is 32.6 Å². The summed E-state index contributed by atoms with van der Waals surface area (Å²) in [6, 6.07) is 0. The normalized spacial score (nSPS) is 20.4. The summed E-state index contributed by atoms with van der Waals surface area (Å²) in [4.78, 5) is 16.5. The van der Waals surface area contributed by atoms with Gasteiger partial charge in [0.25, 0.3) is 0 Å². The van der Waals surface area contributed by atoms with Crippen LogP contribution in [0.15, 0.2) is 0 Å². The largest absolute Gasteiger partial charge is 0.378 e. The van der Waals surface area contributed by atoms with Crippen molar-refractivity contribution in [3.8, 4) is 0 Å². The van der Waals surface area contributed by atoms with Crippen LogP contribution in [0.25, 0.3) is 0 Å². The minimum Gasteiger partial charge on any atom is -0.378 e. The molecule has 0 atom stereocenters. The summed E-state index contributed by atoms with van der Waals surface area (Å²) in [5.74, 6) is 1.21. The Bertz CT molecular complexity index is 261. The first-order valence-electron chi connectivity index (χ1n) is 7.37. The Morgan fingerprint density at radius 1 is 1.28 bits per heavy atom. The van der Waals surface area contributed by atoms with Gasteiger partial charge in [0.2, 0.25) is 5.91 Å². The lowest BCUT2D eigenvalue weighted by molar-refractivity contribution is -0.135. The molecule has 0 spiro atoms. The third kappa shape index (κ3) is 4.58. The van der Waals surface area contributed by atoms with E-state index >= 15 is 0 Å².